The quantitative estimate of drug-likeness (QED) is 0.845. The summed E-state index contributed by atoms with van der Waals surface area (Å²) in [5, 5.41) is 11.2. The number of carbonyl (C=O) groups excluding carboxylic acids is 1. The lowest BCUT2D eigenvalue weighted by atomic mass is 10.2. The summed E-state index contributed by atoms with van der Waals surface area (Å²) in [6.07, 6.45) is 3.74. The molecule has 2 aromatic rings. The van der Waals surface area contributed by atoms with Crippen molar-refractivity contribution in [2.24, 2.45) is 0 Å². The Kier molecular flexibility index (Phi) is 4.66. The number of rotatable bonds is 4. The first-order valence-electron chi connectivity index (χ1n) is 5.59. The number of hydrogen-bond acceptors (Lipinski definition) is 4. The predicted molar refractivity (Wildman–Crippen MR) is 78.1 cm³/mol. The van der Waals surface area contributed by atoms with Gasteiger partial charge in [-0.25, -0.2) is 14.2 Å². The highest BCUT2D eigenvalue weighted by Crippen LogP contribution is 2.21. The minimum absolute atomic E-state index is 0.0677. The third-order valence-corrected chi connectivity index (χ3v) is 3.50. The van der Waals surface area contributed by atoms with Crippen molar-refractivity contribution in [2.75, 3.05) is 5.32 Å². The number of halogens is 2. The van der Waals surface area contributed by atoms with Gasteiger partial charge in [0.2, 0.25) is 0 Å². The summed E-state index contributed by atoms with van der Waals surface area (Å²) in [5.41, 5.74) is 0.106. The Morgan fingerprint density at radius 1 is 1.43 bits per heavy atom. The van der Waals surface area contributed by atoms with Crippen LogP contribution in [0.5, 0.6) is 0 Å². The molecule has 8 heteroatoms. The molecule has 0 fully saturated rings. The molecule has 0 atom stereocenters. The number of anilines is 1. The van der Waals surface area contributed by atoms with Gasteiger partial charge in [0.25, 0.3) is 5.91 Å². The maximum Gasteiger partial charge on any atom is 0.328 e. The van der Waals surface area contributed by atoms with Crippen molar-refractivity contribution in [3.8, 4) is 0 Å². The minimum atomic E-state index is -1.08. The lowest BCUT2D eigenvalue weighted by molar-refractivity contribution is -0.131. The van der Waals surface area contributed by atoms with Crippen LogP contribution in [0, 0.1) is 5.82 Å². The second-order valence-electron chi connectivity index (χ2n) is 3.82. The maximum atomic E-state index is 13.3. The van der Waals surface area contributed by atoms with E-state index >= 15 is 0 Å². The first-order chi connectivity index (χ1) is 9.95. The standard InChI is InChI=1S/C13H8ClFN2O3S/c14-9-3-1-7(5-10(9)15)12(20)17-13-16-6-8(21-13)2-4-11(18)19/h1-6H,(H,18,19)(H,16,17,20)/b4-2+. The molecule has 0 unspecified atom stereocenters. The minimum Gasteiger partial charge on any atom is -0.478 e. The summed E-state index contributed by atoms with van der Waals surface area (Å²) in [7, 11) is 0. The average Bonchev–Trinajstić information content (AvgIpc) is 2.87. The molecule has 0 bridgehead atoms. The molecule has 0 saturated heterocycles. The Morgan fingerprint density at radius 3 is 2.86 bits per heavy atom. The fraction of sp³-hybridized carbons (Fsp3) is 0. The number of carboxylic acids is 1. The van der Waals surface area contributed by atoms with Gasteiger partial charge in [0.05, 0.1) is 5.02 Å². The molecule has 1 heterocycles. The van der Waals surface area contributed by atoms with Crippen LogP contribution < -0.4 is 5.32 Å². The molecule has 0 aliphatic carbocycles. The molecule has 21 heavy (non-hydrogen) atoms. The number of amides is 1. The van der Waals surface area contributed by atoms with Gasteiger partial charge in [-0.1, -0.05) is 22.9 Å². The molecule has 0 aliphatic rings. The van der Waals surface area contributed by atoms with Crippen molar-refractivity contribution < 1.29 is 19.1 Å². The molecule has 2 rings (SSSR count). The van der Waals surface area contributed by atoms with Crippen molar-refractivity contribution in [3.63, 3.8) is 0 Å². The highest BCUT2D eigenvalue weighted by Gasteiger charge is 2.11. The Bertz CT molecular complexity index is 730. The molecule has 0 spiro atoms. The van der Waals surface area contributed by atoms with Crippen LogP contribution in [-0.4, -0.2) is 22.0 Å². The summed E-state index contributed by atoms with van der Waals surface area (Å²) in [6, 6.07) is 3.70. The molecular weight excluding hydrogens is 319 g/mol. The molecule has 1 amide bonds. The van der Waals surface area contributed by atoms with Gasteiger partial charge in [-0.15, -0.1) is 0 Å². The van der Waals surface area contributed by atoms with E-state index < -0.39 is 17.7 Å². The van der Waals surface area contributed by atoms with E-state index in [1.54, 1.807) is 0 Å². The van der Waals surface area contributed by atoms with Crippen LogP contribution >= 0.6 is 22.9 Å². The molecule has 108 valence electrons. The Labute approximate surface area is 127 Å². The van der Waals surface area contributed by atoms with Gasteiger partial charge in [0.15, 0.2) is 5.13 Å². The smallest absolute Gasteiger partial charge is 0.328 e. The van der Waals surface area contributed by atoms with E-state index in [1.165, 1.54) is 24.4 Å². The number of hydrogen-bond donors (Lipinski definition) is 2. The Balaban J connectivity index is 2.09. The van der Waals surface area contributed by atoms with Crippen molar-refractivity contribution in [3.05, 3.63) is 51.8 Å². The van der Waals surface area contributed by atoms with Gasteiger partial charge < -0.3 is 5.11 Å². The third kappa shape index (κ3) is 4.11. The van der Waals surface area contributed by atoms with Crippen LogP contribution in [0.4, 0.5) is 9.52 Å². The zero-order chi connectivity index (χ0) is 15.4. The maximum absolute atomic E-state index is 13.3. The lowest BCUT2D eigenvalue weighted by Gasteiger charge is -2.02. The van der Waals surface area contributed by atoms with Crippen molar-refractivity contribution in [2.45, 2.75) is 0 Å². The molecule has 1 aromatic carbocycles. The van der Waals surface area contributed by atoms with E-state index in [0.717, 1.165) is 23.5 Å². The van der Waals surface area contributed by atoms with E-state index in [4.69, 9.17) is 16.7 Å². The van der Waals surface area contributed by atoms with Gasteiger partial charge in [0, 0.05) is 22.7 Å². The van der Waals surface area contributed by atoms with Crippen LogP contribution in [0.3, 0.4) is 0 Å². The Hall–Kier alpha value is -2.25. The number of aliphatic carboxylic acids is 1. The average molecular weight is 327 g/mol. The number of benzene rings is 1. The summed E-state index contributed by atoms with van der Waals surface area (Å²) >= 11 is 6.63. The van der Waals surface area contributed by atoms with Crippen LogP contribution in [0.2, 0.25) is 5.02 Å². The van der Waals surface area contributed by atoms with E-state index in [9.17, 15) is 14.0 Å². The number of carbonyl (C=O) groups is 2. The first-order valence-corrected chi connectivity index (χ1v) is 6.78. The molecule has 0 aliphatic heterocycles. The van der Waals surface area contributed by atoms with Crippen LogP contribution in [0.25, 0.3) is 6.08 Å². The molecule has 0 radical (unpaired) electrons. The zero-order valence-corrected chi connectivity index (χ0v) is 11.9. The molecule has 1 aromatic heterocycles. The summed E-state index contributed by atoms with van der Waals surface area (Å²) in [6.45, 7) is 0. The third-order valence-electron chi connectivity index (χ3n) is 2.32. The van der Waals surface area contributed by atoms with Gasteiger partial charge in [0.1, 0.15) is 5.82 Å². The second-order valence-corrected chi connectivity index (χ2v) is 5.29. The normalized spacial score (nSPS) is 10.8. The monoisotopic (exact) mass is 326 g/mol. The number of aromatic nitrogens is 1. The van der Waals surface area contributed by atoms with Crippen molar-refractivity contribution >= 4 is 46.0 Å². The lowest BCUT2D eigenvalue weighted by Crippen LogP contribution is -2.11. The number of thiazole rings is 1. The fourth-order valence-corrected chi connectivity index (χ4v) is 2.21. The first kappa shape index (κ1) is 15.1. The topological polar surface area (TPSA) is 79.3 Å². The fourth-order valence-electron chi connectivity index (χ4n) is 1.38. The largest absolute Gasteiger partial charge is 0.478 e. The second kappa shape index (κ2) is 6.47. The van der Waals surface area contributed by atoms with Crippen LogP contribution in [0.1, 0.15) is 15.2 Å². The summed E-state index contributed by atoms with van der Waals surface area (Å²) < 4.78 is 13.3. The van der Waals surface area contributed by atoms with E-state index in [0.29, 0.717) is 4.88 Å². The Morgan fingerprint density at radius 2 is 2.19 bits per heavy atom. The molecule has 2 N–H and O–H groups in total. The van der Waals surface area contributed by atoms with E-state index in [1.807, 2.05) is 0 Å². The molecule has 0 saturated carbocycles. The van der Waals surface area contributed by atoms with E-state index in [2.05, 4.69) is 10.3 Å². The SMILES string of the molecule is O=C(O)/C=C/c1cnc(NC(=O)c2ccc(Cl)c(F)c2)s1. The number of nitrogens with zero attached hydrogens (tertiary/aromatic N) is 1. The predicted octanol–water partition coefficient (Wildman–Crippen LogP) is 3.29. The van der Waals surface area contributed by atoms with Gasteiger partial charge in [-0.2, -0.15) is 0 Å². The van der Waals surface area contributed by atoms with Gasteiger partial charge >= 0.3 is 5.97 Å². The van der Waals surface area contributed by atoms with Gasteiger partial charge in [-0.05, 0) is 24.3 Å². The van der Waals surface area contributed by atoms with Crippen LogP contribution in [0.15, 0.2) is 30.5 Å². The number of carboxylic acid groups (broad SMARTS) is 1. The molecular formula is C13H8ClFN2O3S. The number of nitrogens with one attached hydrogen (secondary N) is 1. The van der Waals surface area contributed by atoms with Crippen molar-refractivity contribution in [1.82, 2.24) is 4.98 Å². The highest BCUT2D eigenvalue weighted by molar-refractivity contribution is 7.16. The molecule has 5 nitrogen and oxygen atoms in total. The summed E-state index contributed by atoms with van der Waals surface area (Å²) in [5.74, 6) is -2.30. The van der Waals surface area contributed by atoms with Crippen molar-refractivity contribution in [1.29, 1.82) is 0 Å². The van der Waals surface area contributed by atoms with E-state index in [-0.39, 0.29) is 15.7 Å². The zero-order valence-electron chi connectivity index (χ0n) is 10.3. The van der Waals surface area contributed by atoms with Crippen LogP contribution in [-0.2, 0) is 4.79 Å². The van der Waals surface area contributed by atoms with Gasteiger partial charge in [-0.3, -0.25) is 10.1 Å². The highest BCUT2D eigenvalue weighted by atomic mass is 35.5. The summed E-state index contributed by atoms with van der Waals surface area (Å²) in [4.78, 5) is 26.8.